The highest BCUT2D eigenvalue weighted by Gasteiger charge is 2.15. The average Bonchev–Trinajstić information content (AvgIpc) is 2.39. The lowest BCUT2D eigenvalue weighted by Crippen LogP contribution is -2.17. The highest BCUT2D eigenvalue weighted by atomic mass is 19.1. The second-order valence-corrected chi connectivity index (χ2v) is 5.13. The quantitative estimate of drug-likeness (QED) is 0.902. The van der Waals surface area contributed by atoms with E-state index in [0.717, 1.165) is 16.7 Å². The summed E-state index contributed by atoms with van der Waals surface area (Å²) in [4.78, 5) is 0. The molecule has 0 amide bonds. The molecule has 1 unspecified atom stereocenters. The topological polar surface area (TPSA) is 20.2 Å². The van der Waals surface area contributed by atoms with Crippen LogP contribution in [0.2, 0.25) is 0 Å². The summed E-state index contributed by atoms with van der Waals surface area (Å²) in [5.74, 6) is -1.21. The third kappa shape index (κ3) is 3.23. The molecule has 0 aliphatic heterocycles. The normalized spacial score (nSPS) is 12.4. The first-order valence-corrected chi connectivity index (χ1v) is 6.65. The van der Waals surface area contributed by atoms with Gasteiger partial charge in [-0.3, -0.25) is 0 Å². The maximum atomic E-state index is 13.6. The lowest BCUT2D eigenvalue weighted by molar-refractivity contribution is 0.172. The average molecular weight is 276 g/mol. The van der Waals surface area contributed by atoms with Crippen molar-refractivity contribution in [2.24, 2.45) is 0 Å². The summed E-state index contributed by atoms with van der Waals surface area (Å²) in [6, 6.07) is 9.65. The zero-order valence-electron chi connectivity index (χ0n) is 11.7. The van der Waals surface area contributed by atoms with Crippen LogP contribution in [0.15, 0.2) is 36.4 Å². The highest BCUT2D eigenvalue weighted by molar-refractivity contribution is 5.34. The van der Waals surface area contributed by atoms with Crippen molar-refractivity contribution in [3.63, 3.8) is 0 Å². The Morgan fingerprint density at radius 2 is 1.30 bits per heavy atom. The Hall–Kier alpha value is -1.74. The Labute approximate surface area is 117 Å². The Morgan fingerprint density at radius 1 is 0.850 bits per heavy atom. The van der Waals surface area contributed by atoms with Crippen LogP contribution in [0, 0.1) is 25.5 Å². The van der Waals surface area contributed by atoms with Crippen LogP contribution in [0.25, 0.3) is 0 Å². The number of aryl methyl sites for hydroxylation is 2. The molecule has 20 heavy (non-hydrogen) atoms. The first kappa shape index (κ1) is 14.7. The Kier molecular flexibility index (Phi) is 4.50. The van der Waals surface area contributed by atoms with Gasteiger partial charge in [-0.1, -0.05) is 24.3 Å². The summed E-state index contributed by atoms with van der Waals surface area (Å²) in [7, 11) is 0. The summed E-state index contributed by atoms with van der Waals surface area (Å²) < 4.78 is 27.1. The molecule has 1 N–H and O–H groups in total. The van der Waals surface area contributed by atoms with E-state index in [2.05, 4.69) is 0 Å². The number of hydrogen-bond donors (Lipinski definition) is 1. The van der Waals surface area contributed by atoms with Crippen molar-refractivity contribution in [2.45, 2.75) is 32.8 Å². The van der Waals surface area contributed by atoms with Gasteiger partial charge in [0.2, 0.25) is 0 Å². The molecule has 2 rings (SSSR count). The van der Waals surface area contributed by atoms with E-state index in [-0.39, 0.29) is 12.0 Å². The fourth-order valence-corrected chi connectivity index (χ4v) is 2.44. The zero-order valence-corrected chi connectivity index (χ0v) is 11.7. The van der Waals surface area contributed by atoms with Crippen molar-refractivity contribution in [3.05, 3.63) is 70.3 Å². The fourth-order valence-electron chi connectivity index (χ4n) is 2.44. The number of aliphatic hydroxyl groups is 1. The SMILES string of the molecule is Cc1cccc(C)c1CC(O)Cc1c(F)cccc1F. The van der Waals surface area contributed by atoms with E-state index in [9.17, 15) is 13.9 Å². The van der Waals surface area contributed by atoms with Gasteiger partial charge >= 0.3 is 0 Å². The van der Waals surface area contributed by atoms with Crippen LogP contribution < -0.4 is 0 Å². The zero-order chi connectivity index (χ0) is 14.7. The van der Waals surface area contributed by atoms with Crippen molar-refractivity contribution in [1.29, 1.82) is 0 Å². The molecule has 0 fully saturated rings. The Morgan fingerprint density at radius 3 is 1.85 bits per heavy atom. The summed E-state index contributed by atoms with van der Waals surface area (Å²) in [5, 5.41) is 10.1. The molecule has 0 bridgehead atoms. The molecule has 0 radical (unpaired) electrons. The molecule has 1 atom stereocenters. The second-order valence-electron chi connectivity index (χ2n) is 5.13. The Balaban J connectivity index is 2.15. The molecule has 0 aromatic heterocycles. The van der Waals surface area contributed by atoms with Gasteiger partial charge in [0.25, 0.3) is 0 Å². The van der Waals surface area contributed by atoms with Gasteiger partial charge in [0.15, 0.2) is 0 Å². The third-order valence-corrected chi connectivity index (χ3v) is 3.59. The molecule has 0 aliphatic carbocycles. The van der Waals surface area contributed by atoms with Crippen molar-refractivity contribution in [2.75, 3.05) is 0 Å². The number of rotatable bonds is 4. The molecule has 2 aromatic rings. The van der Waals surface area contributed by atoms with E-state index in [4.69, 9.17) is 0 Å². The predicted molar refractivity (Wildman–Crippen MR) is 75.7 cm³/mol. The minimum absolute atomic E-state index is 0.0215. The summed E-state index contributed by atoms with van der Waals surface area (Å²) in [5.41, 5.74) is 3.15. The second kappa shape index (κ2) is 6.14. The number of benzene rings is 2. The van der Waals surface area contributed by atoms with Gasteiger partial charge in [-0.25, -0.2) is 8.78 Å². The molecule has 0 saturated carbocycles. The molecule has 1 nitrogen and oxygen atoms in total. The molecule has 0 saturated heterocycles. The molecular formula is C17H18F2O. The van der Waals surface area contributed by atoms with E-state index in [1.165, 1.54) is 18.2 Å². The van der Waals surface area contributed by atoms with Crippen molar-refractivity contribution in [3.8, 4) is 0 Å². The minimum atomic E-state index is -0.804. The van der Waals surface area contributed by atoms with Crippen LogP contribution in [-0.2, 0) is 12.8 Å². The standard InChI is InChI=1S/C17H18F2O/c1-11-5-3-6-12(2)14(11)9-13(20)10-15-16(18)7-4-8-17(15)19/h3-8,13,20H,9-10H2,1-2H3. The van der Waals surface area contributed by atoms with Gasteiger partial charge in [-0.2, -0.15) is 0 Å². The van der Waals surface area contributed by atoms with Crippen LogP contribution in [0.5, 0.6) is 0 Å². The predicted octanol–water partition coefficient (Wildman–Crippen LogP) is 3.73. The van der Waals surface area contributed by atoms with Crippen LogP contribution in [0.1, 0.15) is 22.3 Å². The first-order valence-electron chi connectivity index (χ1n) is 6.65. The molecule has 0 spiro atoms. The maximum absolute atomic E-state index is 13.6. The van der Waals surface area contributed by atoms with Crippen LogP contribution >= 0.6 is 0 Å². The first-order chi connectivity index (χ1) is 9.49. The van der Waals surface area contributed by atoms with Gasteiger partial charge in [0.1, 0.15) is 11.6 Å². The van der Waals surface area contributed by atoms with Crippen molar-refractivity contribution < 1.29 is 13.9 Å². The van der Waals surface area contributed by atoms with E-state index in [0.29, 0.717) is 6.42 Å². The number of hydrogen-bond acceptors (Lipinski definition) is 1. The van der Waals surface area contributed by atoms with Crippen LogP contribution in [0.3, 0.4) is 0 Å². The Bertz CT molecular complexity index is 514. The van der Waals surface area contributed by atoms with Gasteiger partial charge < -0.3 is 5.11 Å². The van der Waals surface area contributed by atoms with Crippen LogP contribution in [-0.4, -0.2) is 11.2 Å². The van der Waals surface area contributed by atoms with E-state index in [1.807, 2.05) is 32.0 Å². The molecule has 0 aliphatic rings. The molecule has 2 aromatic carbocycles. The van der Waals surface area contributed by atoms with Crippen LogP contribution in [0.4, 0.5) is 8.78 Å². The van der Waals surface area contributed by atoms with Gasteiger partial charge in [0, 0.05) is 12.0 Å². The molecule has 0 heterocycles. The molecule has 106 valence electrons. The maximum Gasteiger partial charge on any atom is 0.129 e. The highest BCUT2D eigenvalue weighted by Crippen LogP contribution is 2.19. The number of aliphatic hydroxyl groups excluding tert-OH is 1. The number of halogens is 2. The lowest BCUT2D eigenvalue weighted by Gasteiger charge is -2.15. The summed E-state index contributed by atoms with van der Waals surface area (Å²) >= 11 is 0. The fraction of sp³-hybridized carbons (Fsp3) is 0.294. The summed E-state index contributed by atoms with van der Waals surface area (Å²) in [6.07, 6.45) is -0.431. The third-order valence-electron chi connectivity index (χ3n) is 3.59. The van der Waals surface area contributed by atoms with Gasteiger partial charge in [-0.05, 0) is 49.1 Å². The summed E-state index contributed by atoms with van der Waals surface area (Å²) in [6.45, 7) is 3.94. The van der Waals surface area contributed by atoms with Crippen molar-refractivity contribution >= 4 is 0 Å². The largest absolute Gasteiger partial charge is 0.392 e. The van der Waals surface area contributed by atoms with Gasteiger partial charge in [-0.15, -0.1) is 0 Å². The molecule has 3 heteroatoms. The monoisotopic (exact) mass is 276 g/mol. The van der Waals surface area contributed by atoms with Gasteiger partial charge in [0.05, 0.1) is 6.10 Å². The van der Waals surface area contributed by atoms with E-state index < -0.39 is 17.7 Å². The molecular weight excluding hydrogens is 258 g/mol. The lowest BCUT2D eigenvalue weighted by atomic mass is 9.94. The smallest absolute Gasteiger partial charge is 0.129 e. The minimum Gasteiger partial charge on any atom is -0.392 e. The van der Waals surface area contributed by atoms with E-state index >= 15 is 0 Å². The van der Waals surface area contributed by atoms with E-state index in [1.54, 1.807) is 0 Å². The van der Waals surface area contributed by atoms with Crippen molar-refractivity contribution in [1.82, 2.24) is 0 Å².